The molecule has 0 aliphatic carbocycles. The predicted molar refractivity (Wildman–Crippen MR) is 66.4 cm³/mol. The van der Waals surface area contributed by atoms with Crippen molar-refractivity contribution in [3.05, 3.63) is 38.3 Å². The van der Waals surface area contributed by atoms with Crippen LogP contribution in [0.25, 0.3) is 6.08 Å². The Labute approximate surface area is 96.3 Å². The SMILES string of the molecule is CCc1cccc(C)c1C=C(Br)Br. The highest BCUT2D eigenvalue weighted by Gasteiger charge is 2.00. The zero-order valence-electron chi connectivity index (χ0n) is 7.77. The molecule has 0 unspecified atom stereocenters. The second-order valence-electron chi connectivity index (χ2n) is 2.94. The van der Waals surface area contributed by atoms with Gasteiger partial charge in [-0.3, -0.25) is 0 Å². The Morgan fingerprint density at radius 1 is 1.38 bits per heavy atom. The van der Waals surface area contributed by atoms with Gasteiger partial charge < -0.3 is 0 Å². The lowest BCUT2D eigenvalue weighted by Gasteiger charge is -2.06. The molecule has 0 radical (unpaired) electrons. The highest BCUT2D eigenvalue weighted by Crippen LogP contribution is 2.23. The maximum absolute atomic E-state index is 3.39. The Morgan fingerprint density at radius 3 is 2.62 bits per heavy atom. The number of rotatable bonds is 2. The number of hydrogen-bond donors (Lipinski definition) is 0. The summed E-state index contributed by atoms with van der Waals surface area (Å²) < 4.78 is 0.990. The molecule has 0 saturated carbocycles. The Morgan fingerprint density at radius 2 is 2.08 bits per heavy atom. The molecule has 0 aliphatic heterocycles. The first-order valence-corrected chi connectivity index (χ1v) is 5.85. The van der Waals surface area contributed by atoms with E-state index in [0.717, 1.165) is 9.81 Å². The number of aryl methyl sites for hydroxylation is 2. The number of benzene rings is 1. The van der Waals surface area contributed by atoms with Crippen LogP contribution in [0.2, 0.25) is 0 Å². The zero-order chi connectivity index (χ0) is 9.84. The van der Waals surface area contributed by atoms with Gasteiger partial charge in [-0.2, -0.15) is 0 Å². The summed E-state index contributed by atoms with van der Waals surface area (Å²) in [5.41, 5.74) is 4.01. The Bertz CT molecular complexity index is 323. The molecule has 1 aromatic rings. The minimum absolute atomic E-state index is 0.990. The van der Waals surface area contributed by atoms with Crippen molar-refractivity contribution in [3.8, 4) is 0 Å². The molecule has 0 fully saturated rings. The maximum Gasteiger partial charge on any atom is 0.0610 e. The molecule has 1 aromatic carbocycles. The molecular weight excluding hydrogens is 292 g/mol. The molecule has 0 nitrogen and oxygen atoms in total. The summed E-state index contributed by atoms with van der Waals surface area (Å²) in [6.07, 6.45) is 3.18. The minimum atomic E-state index is 0.990. The number of halogens is 2. The minimum Gasteiger partial charge on any atom is -0.0617 e. The largest absolute Gasteiger partial charge is 0.0617 e. The third kappa shape index (κ3) is 2.96. The fraction of sp³-hybridized carbons (Fsp3) is 0.273. The van der Waals surface area contributed by atoms with Crippen LogP contribution in [0, 0.1) is 6.92 Å². The van der Waals surface area contributed by atoms with Crippen LogP contribution in [-0.4, -0.2) is 0 Å². The molecule has 0 aliphatic rings. The molecule has 0 saturated heterocycles. The van der Waals surface area contributed by atoms with E-state index in [0.29, 0.717) is 0 Å². The normalized spacial score (nSPS) is 9.85. The van der Waals surface area contributed by atoms with Crippen molar-refractivity contribution in [1.82, 2.24) is 0 Å². The van der Waals surface area contributed by atoms with E-state index < -0.39 is 0 Å². The topological polar surface area (TPSA) is 0 Å². The van der Waals surface area contributed by atoms with Gasteiger partial charge in [-0.1, -0.05) is 25.1 Å². The van der Waals surface area contributed by atoms with E-state index in [1.165, 1.54) is 16.7 Å². The lowest BCUT2D eigenvalue weighted by Crippen LogP contribution is -1.89. The van der Waals surface area contributed by atoms with Crippen molar-refractivity contribution in [2.75, 3.05) is 0 Å². The summed E-state index contributed by atoms with van der Waals surface area (Å²) in [6.45, 7) is 4.31. The second kappa shape index (κ2) is 4.97. The third-order valence-corrected chi connectivity index (χ3v) is 2.51. The van der Waals surface area contributed by atoms with Crippen molar-refractivity contribution in [1.29, 1.82) is 0 Å². The summed E-state index contributed by atoms with van der Waals surface area (Å²) in [4.78, 5) is 0. The predicted octanol–water partition coefficient (Wildman–Crippen LogP) is 4.65. The summed E-state index contributed by atoms with van der Waals surface area (Å²) in [7, 11) is 0. The molecule has 70 valence electrons. The van der Waals surface area contributed by atoms with Gasteiger partial charge in [-0.15, -0.1) is 0 Å². The fourth-order valence-corrected chi connectivity index (χ4v) is 1.82. The van der Waals surface area contributed by atoms with Crippen LogP contribution in [0.15, 0.2) is 21.6 Å². The van der Waals surface area contributed by atoms with Crippen LogP contribution in [0.4, 0.5) is 0 Å². The van der Waals surface area contributed by atoms with Gasteiger partial charge in [0.1, 0.15) is 0 Å². The zero-order valence-corrected chi connectivity index (χ0v) is 10.9. The summed E-state index contributed by atoms with van der Waals surface area (Å²) in [5.74, 6) is 0. The van der Waals surface area contributed by atoms with Crippen LogP contribution >= 0.6 is 31.9 Å². The molecule has 0 N–H and O–H groups in total. The van der Waals surface area contributed by atoms with Gasteiger partial charge in [-0.05, 0) is 68.0 Å². The van der Waals surface area contributed by atoms with Gasteiger partial charge >= 0.3 is 0 Å². The van der Waals surface area contributed by atoms with E-state index in [1.807, 2.05) is 0 Å². The van der Waals surface area contributed by atoms with Crippen molar-refractivity contribution in [2.45, 2.75) is 20.3 Å². The van der Waals surface area contributed by atoms with Crippen LogP contribution in [-0.2, 0) is 6.42 Å². The van der Waals surface area contributed by atoms with Crippen molar-refractivity contribution < 1.29 is 0 Å². The average molecular weight is 304 g/mol. The third-order valence-electron chi connectivity index (χ3n) is 2.05. The van der Waals surface area contributed by atoms with Crippen molar-refractivity contribution in [2.24, 2.45) is 0 Å². The first kappa shape index (κ1) is 11.0. The molecule has 0 heterocycles. The molecule has 0 amide bonds. The lowest BCUT2D eigenvalue weighted by molar-refractivity contribution is 1.12. The second-order valence-corrected chi connectivity index (χ2v) is 5.71. The number of hydrogen-bond acceptors (Lipinski definition) is 0. The van der Waals surface area contributed by atoms with E-state index in [1.54, 1.807) is 0 Å². The quantitative estimate of drug-likeness (QED) is 0.746. The first-order chi connectivity index (χ1) is 6.15. The highest BCUT2D eigenvalue weighted by atomic mass is 79.9. The van der Waals surface area contributed by atoms with E-state index in [4.69, 9.17) is 0 Å². The van der Waals surface area contributed by atoms with Crippen LogP contribution in [0.1, 0.15) is 23.6 Å². The fourth-order valence-electron chi connectivity index (χ4n) is 1.37. The van der Waals surface area contributed by atoms with E-state index in [9.17, 15) is 0 Å². The molecular formula is C11H12Br2. The van der Waals surface area contributed by atoms with Gasteiger partial charge in [0.25, 0.3) is 0 Å². The van der Waals surface area contributed by atoms with Gasteiger partial charge in [0.15, 0.2) is 0 Å². The standard InChI is InChI=1S/C11H12Br2/c1-3-9-6-4-5-8(2)10(9)7-11(12)13/h4-7H,3H2,1-2H3. The van der Waals surface area contributed by atoms with Crippen LogP contribution in [0.3, 0.4) is 0 Å². The Balaban J connectivity index is 3.23. The molecule has 0 bridgehead atoms. The monoisotopic (exact) mass is 302 g/mol. The van der Waals surface area contributed by atoms with Crippen molar-refractivity contribution in [3.63, 3.8) is 0 Å². The van der Waals surface area contributed by atoms with E-state index in [-0.39, 0.29) is 0 Å². The van der Waals surface area contributed by atoms with Crippen molar-refractivity contribution >= 4 is 37.9 Å². The molecule has 0 atom stereocenters. The average Bonchev–Trinajstić information content (AvgIpc) is 2.08. The summed E-state index contributed by atoms with van der Waals surface area (Å²) >= 11 is 6.77. The molecule has 1 rings (SSSR count). The molecule has 2 heteroatoms. The van der Waals surface area contributed by atoms with Gasteiger partial charge in [-0.25, -0.2) is 0 Å². The van der Waals surface area contributed by atoms with Crippen LogP contribution in [0.5, 0.6) is 0 Å². The molecule has 0 aromatic heterocycles. The molecule has 13 heavy (non-hydrogen) atoms. The highest BCUT2D eigenvalue weighted by molar-refractivity contribution is 9.28. The molecule has 0 spiro atoms. The first-order valence-electron chi connectivity index (χ1n) is 4.26. The van der Waals surface area contributed by atoms with Crippen LogP contribution < -0.4 is 0 Å². The van der Waals surface area contributed by atoms with Gasteiger partial charge in [0.2, 0.25) is 0 Å². The van der Waals surface area contributed by atoms with Gasteiger partial charge in [0, 0.05) is 0 Å². The Kier molecular flexibility index (Phi) is 4.20. The lowest BCUT2D eigenvalue weighted by atomic mass is 10.0. The van der Waals surface area contributed by atoms with E-state index >= 15 is 0 Å². The Hall–Kier alpha value is -0.0800. The summed E-state index contributed by atoms with van der Waals surface area (Å²) in [6, 6.07) is 6.41. The smallest absolute Gasteiger partial charge is 0.0610 e. The maximum atomic E-state index is 3.39. The summed E-state index contributed by atoms with van der Waals surface area (Å²) in [5, 5.41) is 0. The van der Waals surface area contributed by atoms with Gasteiger partial charge in [0.05, 0.1) is 3.39 Å². The van der Waals surface area contributed by atoms with E-state index in [2.05, 4.69) is 70.0 Å².